The van der Waals surface area contributed by atoms with E-state index in [-0.39, 0.29) is 10.8 Å². The molecule has 0 aliphatic carbocycles. The fourth-order valence-corrected chi connectivity index (χ4v) is 5.45. The van der Waals surface area contributed by atoms with Crippen LogP contribution in [-0.2, 0) is 16.4 Å². The van der Waals surface area contributed by atoms with Crippen LogP contribution in [0.1, 0.15) is 16.1 Å². The molecule has 0 N–H and O–H groups in total. The summed E-state index contributed by atoms with van der Waals surface area (Å²) in [5.74, 6) is -0.158. The summed E-state index contributed by atoms with van der Waals surface area (Å²) in [6, 6.07) is 6.91. The molecule has 0 spiro atoms. The van der Waals surface area contributed by atoms with E-state index in [1.807, 2.05) is 16.8 Å². The Labute approximate surface area is 165 Å². The fourth-order valence-electron chi connectivity index (χ4n) is 2.99. The number of sulfonamides is 1. The van der Waals surface area contributed by atoms with Gasteiger partial charge in [-0.1, -0.05) is 0 Å². The minimum Gasteiger partial charge on any atom is -0.306 e. The van der Waals surface area contributed by atoms with Gasteiger partial charge in [-0.05, 0) is 41.6 Å². The molecule has 1 amide bonds. The lowest BCUT2D eigenvalue weighted by molar-refractivity contribution is 0.0985. The van der Waals surface area contributed by atoms with Gasteiger partial charge in [-0.15, -0.1) is 11.3 Å². The van der Waals surface area contributed by atoms with Crippen LogP contribution in [0.4, 0.5) is 5.69 Å². The summed E-state index contributed by atoms with van der Waals surface area (Å²) in [6.45, 7) is 0.519. The van der Waals surface area contributed by atoms with Crippen LogP contribution in [-0.4, -0.2) is 44.3 Å². The molecule has 0 saturated heterocycles. The van der Waals surface area contributed by atoms with Crippen molar-refractivity contribution in [1.82, 2.24) is 9.29 Å². The number of fused-ring (bicyclic) bond motifs is 1. The first-order chi connectivity index (χ1) is 12.9. The Balaban J connectivity index is 1.62. The van der Waals surface area contributed by atoms with Crippen molar-refractivity contribution < 1.29 is 13.2 Å². The maximum Gasteiger partial charge on any atom is 0.277 e. The van der Waals surface area contributed by atoms with Gasteiger partial charge < -0.3 is 4.90 Å². The highest BCUT2D eigenvalue weighted by Gasteiger charge is 2.29. The molecule has 0 atom stereocenters. The van der Waals surface area contributed by atoms with Gasteiger partial charge in [-0.2, -0.15) is 11.3 Å². The van der Waals surface area contributed by atoms with Crippen LogP contribution in [0.25, 0.3) is 10.6 Å². The molecule has 4 rings (SSSR count). The Morgan fingerprint density at radius 2 is 2.04 bits per heavy atom. The molecule has 6 nitrogen and oxygen atoms in total. The minimum absolute atomic E-state index is 0.158. The van der Waals surface area contributed by atoms with E-state index in [2.05, 4.69) is 4.98 Å². The lowest BCUT2D eigenvalue weighted by Crippen LogP contribution is -2.29. The lowest BCUT2D eigenvalue weighted by Gasteiger charge is -2.17. The highest BCUT2D eigenvalue weighted by molar-refractivity contribution is 7.89. The maximum atomic E-state index is 12.9. The zero-order valence-corrected chi connectivity index (χ0v) is 17.2. The molecule has 1 aliphatic rings. The number of hydrogen-bond acceptors (Lipinski definition) is 6. The van der Waals surface area contributed by atoms with Gasteiger partial charge in [-0.3, -0.25) is 4.79 Å². The van der Waals surface area contributed by atoms with Gasteiger partial charge in [0.05, 0.1) is 4.90 Å². The van der Waals surface area contributed by atoms with Crippen LogP contribution in [0.3, 0.4) is 0 Å². The van der Waals surface area contributed by atoms with E-state index >= 15 is 0 Å². The number of carbonyl (C=O) groups excluding carboxylic acids is 1. The van der Waals surface area contributed by atoms with Crippen LogP contribution in [0.15, 0.2) is 45.3 Å². The first-order valence-electron chi connectivity index (χ1n) is 8.23. The highest BCUT2D eigenvalue weighted by Crippen LogP contribution is 2.33. The van der Waals surface area contributed by atoms with E-state index < -0.39 is 10.0 Å². The number of aromatic nitrogens is 1. The van der Waals surface area contributed by atoms with Gasteiger partial charge in [0, 0.05) is 42.7 Å². The van der Waals surface area contributed by atoms with Crippen LogP contribution >= 0.6 is 22.7 Å². The largest absolute Gasteiger partial charge is 0.306 e. The minimum atomic E-state index is -3.49. The van der Waals surface area contributed by atoms with E-state index in [0.717, 1.165) is 21.8 Å². The number of nitrogens with zero attached hydrogens (tertiary/aromatic N) is 3. The van der Waals surface area contributed by atoms with Crippen molar-refractivity contribution in [3.8, 4) is 10.6 Å². The van der Waals surface area contributed by atoms with Crippen molar-refractivity contribution in [2.45, 2.75) is 11.3 Å². The fraction of sp³-hybridized carbons (Fsp3) is 0.222. The molecule has 1 aromatic carbocycles. The SMILES string of the molecule is CN(C)S(=O)(=O)c1ccc2c(c1)CCN2C(=O)c1csc(-c2ccsc2)n1. The molecule has 0 fully saturated rings. The summed E-state index contributed by atoms with van der Waals surface area (Å²) >= 11 is 3.04. The maximum absolute atomic E-state index is 12.9. The molecule has 9 heteroatoms. The van der Waals surface area contributed by atoms with Crippen LogP contribution in [0.5, 0.6) is 0 Å². The molecule has 3 aromatic rings. The Morgan fingerprint density at radius 1 is 1.22 bits per heavy atom. The Hall–Kier alpha value is -2.07. The lowest BCUT2D eigenvalue weighted by atomic mass is 10.2. The first-order valence-corrected chi connectivity index (χ1v) is 11.5. The summed E-state index contributed by atoms with van der Waals surface area (Å²) in [5, 5.41) is 6.59. The topological polar surface area (TPSA) is 70.6 Å². The van der Waals surface area contributed by atoms with Crippen LogP contribution in [0.2, 0.25) is 0 Å². The number of thiazole rings is 1. The number of thiophene rings is 1. The number of anilines is 1. The Kier molecular flexibility index (Phi) is 4.63. The standard InChI is InChI=1S/C18H17N3O3S3/c1-20(2)27(23,24)14-3-4-16-12(9-14)5-7-21(16)18(22)15-11-26-17(19-15)13-6-8-25-10-13/h3-4,6,8-11H,5,7H2,1-2H3. The zero-order chi connectivity index (χ0) is 19.2. The van der Waals surface area contributed by atoms with Crippen molar-refractivity contribution >= 4 is 44.3 Å². The van der Waals surface area contributed by atoms with Crippen LogP contribution in [0, 0.1) is 0 Å². The van der Waals surface area contributed by atoms with E-state index in [0.29, 0.717) is 18.7 Å². The third-order valence-electron chi connectivity index (χ3n) is 4.46. The van der Waals surface area contributed by atoms with Gasteiger partial charge in [0.1, 0.15) is 10.7 Å². The van der Waals surface area contributed by atoms with Crippen LogP contribution < -0.4 is 4.90 Å². The normalized spacial score (nSPS) is 14.0. The molecule has 1 aliphatic heterocycles. The van der Waals surface area contributed by atoms with Crippen molar-refractivity contribution in [2.24, 2.45) is 0 Å². The Morgan fingerprint density at radius 3 is 2.74 bits per heavy atom. The van der Waals surface area contributed by atoms with Gasteiger partial charge in [0.15, 0.2) is 0 Å². The quantitative estimate of drug-likeness (QED) is 0.650. The highest BCUT2D eigenvalue weighted by atomic mass is 32.2. The third-order valence-corrected chi connectivity index (χ3v) is 7.85. The monoisotopic (exact) mass is 419 g/mol. The van der Waals surface area contributed by atoms with Crippen molar-refractivity contribution in [3.05, 3.63) is 51.7 Å². The summed E-state index contributed by atoms with van der Waals surface area (Å²) < 4.78 is 25.8. The second-order valence-electron chi connectivity index (χ2n) is 6.33. The van der Waals surface area contributed by atoms with E-state index in [9.17, 15) is 13.2 Å². The number of benzene rings is 1. The second-order valence-corrected chi connectivity index (χ2v) is 10.1. The van der Waals surface area contributed by atoms with Crippen molar-refractivity contribution in [1.29, 1.82) is 0 Å². The van der Waals surface area contributed by atoms with Crippen molar-refractivity contribution in [3.63, 3.8) is 0 Å². The number of rotatable bonds is 4. The molecule has 0 bridgehead atoms. The van der Waals surface area contributed by atoms with Gasteiger partial charge >= 0.3 is 0 Å². The smallest absolute Gasteiger partial charge is 0.277 e. The average Bonchev–Trinajstić information content (AvgIpc) is 3.39. The molecule has 0 radical (unpaired) electrons. The van der Waals surface area contributed by atoms with E-state index in [1.54, 1.807) is 39.8 Å². The molecule has 140 valence electrons. The molecule has 3 heterocycles. The molecular formula is C18H17N3O3S3. The average molecular weight is 420 g/mol. The van der Waals surface area contributed by atoms with Gasteiger partial charge in [0.2, 0.25) is 10.0 Å². The first kappa shape index (κ1) is 18.3. The molecule has 2 aromatic heterocycles. The van der Waals surface area contributed by atoms with E-state index in [4.69, 9.17) is 0 Å². The summed E-state index contributed by atoms with van der Waals surface area (Å²) in [6.07, 6.45) is 0.624. The Bertz CT molecular complexity index is 1100. The molecule has 27 heavy (non-hydrogen) atoms. The van der Waals surface area contributed by atoms with Crippen molar-refractivity contribution in [2.75, 3.05) is 25.5 Å². The van der Waals surface area contributed by atoms with Gasteiger partial charge in [0.25, 0.3) is 5.91 Å². The molecule has 0 saturated carbocycles. The zero-order valence-electron chi connectivity index (χ0n) is 14.7. The third kappa shape index (κ3) is 3.20. The summed E-state index contributed by atoms with van der Waals surface area (Å²) in [5.41, 5.74) is 3.05. The summed E-state index contributed by atoms with van der Waals surface area (Å²) in [7, 11) is -0.479. The van der Waals surface area contributed by atoms with E-state index in [1.165, 1.54) is 29.7 Å². The number of hydrogen-bond donors (Lipinski definition) is 0. The predicted molar refractivity (Wildman–Crippen MR) is 108 cm³/mol. The van der Waals surface area contributed by atoms with Gasteiger partial charge in [-0.25, -0.2) is 17.7 Å². The number of amides is 1. The second kappa shape index (κ2) is 6.83. The number of carbonyl (C=O) groups is 1. The predicted octanol–water partition coefficient (Wildman–Crippen LogP) is 3.32. The molecule has 0 unspecified atom stereocenters. The summed E-state index contributed by atoms with van der Waals surface area (Å²) in [4.78, 5) is 19.3. The molecular weight excluding hydrogens is 402 g/mol.